The van der Waals surface area contributed by atoms with E-state index in [0.717, 1.165) is 41.9 Å². The number of nitrogens with one attached hydrogen (secondary N) is 2. The standard InChI is InChI=1S/C21H27N5O2.HI/c1-22-21(25-14-17-15-27-18-6-2-3-7-19(18)28-17)24-13-16-8-9-20(23-12-16)26-10-4-5-11-26;/h2-3,6-9,12,17H,4-5,10-11,13-15H2,1H3,(H2,22,24,25);1H. The first-order chi connectivity index (χ1) is 13.8. The van der Waals surface area contributed by atoms with Gasteiger partial charge in [-0.1, -0.05) is 18.2 Å². The number of hydrogen-bond donors (Lipinski definition) is 2. The number of benzene rings is 1. The Bertz CT molecular complexity index is 809. The molecule has 0 saturated carbocycles. The number of nitrogens with zero attached hydrogens (tertiary/aromatic N) is 3. The van der Waals surface area contributed by atoms with Gasteiger partial charge in [0.25, 0.3) is 0 Å². The maximum absolute atomic E-state index is 5.97. The molecule has 0 spiro atoms. The summed E-state index contributed by atoms with van der Waals surface area (Å²) in [7, 11) is 1.76. The maximum Gasteiger partial charge on any atom is 0.191 e. The van der Waals surface area contributed by atoms with Crippen LogP contribution in [-0.2, 0) is 6.54 Å². The van der Waals surface area contributed by atoms with Gasteiger partial charge in [-0.3, -0.25) is 4.99 Å². The zero-order valence-electron chi connectivity index (χ0n) is 16.6. The number of rotatable bonds is 5. The number of guanidine groups is 1. The van der Waals surface area contributed by atoms with Gasteiger partial charge in [0.2, 0.25) is 0 Å². The van der Waals surface area contributed by atoms with Gasteiger partial charge in [-0.15, -0.1) is 24.0 Å². The monoisotopic (exact) mass is 509 g/mol. The molecule has 3 heterocycles. The number of halogens is 1. The number of para-hydroxylation sites is 2. The van der Waals surface area contributed by atoms with E-state index in [1.165, 1.54) is 12.8 Å². The van der Waals surface area contributed by atoms with Gasteiger partial charge in [-0.25, -0.2) is 4.98 Å². The largest absolute Gasteiger partial charge is 0.486 e. The van der Waals surface area contributed by atoms with E-state index in [2.05, 4.69) is 37.6 Å². The number of aliphatic imine (C=N–C) groups is 1. The number of hydrogen-bond acceptors (Lipinski definition) is 5. The molecule has 1 aromatic carbocycles. The molecule has 1 saturated heterocycles. The Kier molecular flexibility index (Phi) is 7.79. The molecule has 0 aliphatic carbocycles. The molecule has 2 N–H and O–H groups in total. The van der Waals surface area contributed by atoms with E-state index in [4.69, 9.17) is 9.47 Å². The van der Waals surface area contributed by atoms with E-state index in [1.54, 1.807) is 7.05 Å². The van der Waals surface area contributed by atoms with Gasteiger partial charge in [0, 0.05) is 32.9 Å². The Labute approximate surface area is 188 Å². The van der Waals surface area contributed by atoms with Gasteiger partial charge in [0.1, 0.15) is 18.5 Å². The molecule has 2 aliphatic rings. The third-order valence-electron chi connectivity index (χ3n) is 4.99. The van der Waals surface area contributed by atoms with Crippen LogP contribution in [0.5, 0.6) is 11.5 Å². The molecule has 29 heavy (non-hydrogen) atoms. The normalized spacial score (nSPS) is 18.2. The topological polar surface area (TPSA) is 71.0 Å². The Morgan fingerprint density at radius 3 is 2.66 bits per heavy atom. The number of fused-ring (bicyclic) bond motifs is 1. The van der Waals surface area contributed by atoms with Gasteiger partial charge in [-0.05, 0) is 36.6 Å². The Morgan fingerprint density at radius 2 is 1.93 bits per heavy atom. The van der Waals surface area contributed by atoms with Crippen molar-refractivity contribution in [1.82, 2.24) is 15.6 Å². The summed E-state index contributed by atoms with van der Waals surface area (Å²) in [5.41, 5.74) is 1.12. The molecule has 1 unspecified atom stereocenters. The zero-order valence-corrected chi connectivity index (χ0v) is 19.0. The summed E-state index contributed by atoms with van der Waals surface area (Å²) >= 11 is 0. The van der Waals surface area contributed by atoms with Crippen LogP contribution in [0.1, 0.15) is 18.4 Å². The summed E-state index contributed by atoms with van der Waals surface area (Å²) in [5.74, 6) is 3.38. The van der Waals surface area contributed by atoms with Gasteiger partial charge in [0.15, 0.2) is 17.5 Å². The quantitative estimate of drug-likeness (QED) is 0.367. The second-order valence-corrected chi connectivity index (χ2v) is 7.02. The fourth-order valence-electron chi connectivity index (χ4n) is 3.44. The number of ether oxygens (including phenoxy) is 2. The number of pyridine rings is 1. The van der Waals surface area contributed by atoms with E-state index >= 15 is 0 Å². The summed E-state index contributed by atoms with van der Waals surface area (Å²) in [6.07, 6.45) is 4.39. The van der Waals surface area contributed by atoms with E-state index in [0.29, 0.717) is 19.7 Å². The van der Waals surface area contributed by atoms with Crippen LogP contribution in [-0.4, -0.2) is 50.3 Å². The van der Waals surface area contributed by atoms with Gasteiger partial charge >= 0.3 is 0 Å². The summed E-state index contributed by atoms with van der Waals surface area (Å²) < 4.78 is 11.7. The summed E-state index contributed by atoms with van der Waals surface area (Å²) in [6, 6.07) is 12.0. The van der Waals surface area contributed by atoms with Crippen LogP contribution in [0.25, 0.3) is 0 Å². The van der Waals surface area contributed by atoms with Crippen molar-refractivity contribution in [2.24, 2.45) is 4.99 Å². The Balaban J connectivity index is 0.00000240. The lowest BCUT2D eigenvalue weighted by Gasteiger charge is -2.27. The molecule has 156 valence electrons. The van der Waals surface area contributed by atoms with Crippen molar-refractivity contribution in [2.45, 2.75) is 25.5 Å². The summed E-state index contributed by atoms with van der Waals surface area (Å²) in [5, 5.41) is 6.62. The molecule has 1 aromatic heterocycles. The van der Waals surface area contributed by atoms with E-state index in [9.17, 15) is 0 Å². The van der Waals surface area contributed by atoms with E-state index in [-0.39, 0.29) is 30.1 Å². The SMILES string of the molecule is CN=C(NCc1ccc(N2CCCC2)nc1)NCC1COc2ccccc2O1.I. The zero-order chi connectivity index (χ0) is 19.2. The van der Waals surface area contributed by atoms with E-state index < -0.39 is 0 Å². The van der Waals surface area contributed by atoms with Crippen LogP contribution in [0.4, 0.5) is 5.82 Å². The van der Waals surface area contributed by atoms with Crippen molar-refractivity contribution >= 4 is 35.8 Å². The second-order valence-electron chi connectivity index (χ2n) is 7.02. The first-order valence-corrected chi connectivity index (χ1v) is 9.85. The maximum atomic E-state index is 5.97. The highest BCUT2D eigenvalue weighted by molar-refractivity contribution is 14.0. The molecule has 4 rings (SSSR count). The van der Waals surface area contributed by atoms with Crippen molar-refractivity contribution in [3.63, 3.8) is 0 Å². The third kappa shape index (κ3) is 5.65. The highest BCUT2D eigenvalue weighted by Crippen LogP contribution is 2.30. The molecule has 0 bridgehead atoms. The lowest BCUT2D eigenvalue weighted by Crippen LogP contribution is -2.45. The lowest BCUT2D eigenvalue weighted by atomic mass is 10.2. The molecular formula is C21H28IN5O2. The predicted molar refractivity (Wildman–Crippen MR) is 126 cm³/mol. The molecule has 7 nitrogen and oxygen atoms in total. The summed E-state index contributed by atoms with van der Waals surface area (Å²) in [6.45, 7) is 4.01. The minimum Gasteiger partial charge on any atom is -0.486 e. The first kappa shape index (κ1) is 21.5. The molecule has 8 heteroatoms. The van der Waals surface area contributed by atoms with Crippen LogP contribution in [0, 0.1) is 0 Å². The molecule has 1 atom stereocenters. The van der Waals surface area contributed by atoms with Crippen molar-refractivity contribution in [3.8, 4) is 11.5 Å². The second kappa shape index (κ2) is 10.5. The fraction of sp³-hybridized carbons (Fsp3) is 0.429. The smallest absolute Gasteiger partial charge is 0.191 e. The van der Waals surface area contributed by atoms with Crippen LogP contribution in [0.3, 0.4) is 0 Å². The highest BCUT2D eigenvalue weighted by Gasteiger charge is 2.20. The Hall–Kier alpha value is -2.23. The summed E-state index contributed by atoms with van der Waals surface area (Å²) in [4.78, 5) is 11.2. The molecule has 2 aliphatic heterocycles. The van der Waals surface area contributed by atoms with Gasteiger partial charge in [-0.2, -0.15) is 0 Å². The van der Waals surface area contributed by atoms with E-state index in [1.807, 2.05) is 30.5 Å². The minimum absolute atomic E-state index is 0. The fourth-order valence-corrected chi connectivity index (χ4v) is 3.44. The van der Waals surface area contributed by atoms with Gasteiger partial charge < -0.3 is 25.0 Å². The van der Waals surface area contributed by atoms with Crippen LogP contribution >= 0.6 is 24.0 Å². The van der Waals surface area contributed by atoms with Crippen molar-refractivity contribution in [2.75, 3.05) is 38.2 Å². The number of aromatic nitrogens is 1. The molecule has 2 aromatic rings. The van der Waals surface area contributed by atoms with Crippen LogP contribution in [0.2, 0.25) is 0 Å². The Morgan fingerprint density at radius 1 is 1.14 bits per heavy atom. The number of anilines is 1. The van der Waals surface area contributed by atoms with Crippen molar-refractivity contribution in [1.29, 1.82) is 0 Å². The third-order valence-corrected chi connectivity index (χ3v) is 4.99. The predicted octanol–water partition coefficient (Wildman–Crippen LogP) is 2.80. The average Bonchev–Trinajstić information content (AvgIpc) is 3.29. The average molecular weight is 509 g/mol. The minimum atomic E-state index is -0.0603. The first-order valence-electron chi connectivity index (χ1n) is 9.85. The molecule has 0 amide bonds. The molecular weight excluding hydrogens is 481 g/mol. The van der Waals surface area contributed by atoms with Crippen molar-refractivity contribution in [3.05, 3.63) is 48.2 Å². The van der Waals surface area contributed by atoms with Crippen molar-refractivity contribution < 1.29 is 9.47 Å². The highest BCUT2D eigenvalue weighted by atomic mass is 127. The lowest BCUT2D eigenvalue weighted by molar-refractivity contribution is 0.0936. The van der Waals surface area contributed by atoms with Gasteiger partial charge in [0.05, 0.1) is 6.54 Å². The molecule has 0 radical (unpaired) electrons. The van der Waals surface area contributed by atoms with Crippen LogP contribution in [0.15, 0.2) is 47.6 Å². The molecule has 1 fully saturated rings. The van der Waals surface area contributed by atoms with Crippen LogP contribution < -0.4 is 25.0 Å².